The summed E-state index contributed by atoms with van der Waals surface area (Å²) in [6.45, 7) is 11.1. The highest BCUT2D eigenvalue weighted by Crippen LogP contribution is 2.38. The fourth-order valence-corrected chi connectivity index (χ4v) is 3.23. The van der Waals surface area contributed by atoms with Gasteiger partial charge in [0, 0.05) is 9.86 Å². The van der Waals surface area contributed by atoms with Crippen LogP contribution in [0.5, 0.6) is 0 Å². The molecule has 0 saturated carbocycles. The fourth-order valence-electron chi connectivity index (χ4n) is 2.74. The average Bonchev–Trinajstić information content (AvgIpc) is 2.69. The van der Waals surface area contributed by atoms with Crippen molar-refractivity contribution in [3.05, 3.63) is 34.0 Å². The summed E-state index contributed by atoms with van der Waals surface area (Å²) in [4.78, 5) is 0. The quantitative estimate of drug-likeness (QED) is 0.785. The van der Waals surface area contributed by atoms with Crippen molar-refractivity contribution in [1.29, 1.82) is 0 Å². The number of halogens is 1. The third kappa shape index (κ3) is 2.94. The largest absolute Gasteiger partial charge is 0.459 e. The van der Waals surface area contributed by atoms with Crippen LogP contribution in [0, 0.1) is 5.41 Å². The van der Waals surface area contributed by atoms with Crippen molar-refractivity contribution < 1.29 is 4.42 Å². The molecule has 1 unspecified atom stereocenters. The molecule has 1 N–H and O–H groups in total. The minimum absolute atomic E-state index is 0.109. The van der Waals surface area contributed by atoms with Crippen LogP contribution >= 0.6 is 15.9 Å². The summed E-state index contributed by atoms with van der Waals surface area (Å²) >= 11 is 3.60. The molecule has 2 rings (SSSR count). The zero-order valence-corrected chi connectivity index (χ0v) is 14.8. The van der Waals surface area contributed by atoms with Crippen molar-refractivity contribution in [2.45, 2.75) is 46.6 Å². The van der Waals surface area contributed by atoms with E-state index < -0.39 is 0 Å². The van der Waals surface area contributed by atoms with Crippen molar-refractivity contribution in [2.75, 3.05) is 7.05 Å². The Morgan fingerprint density at radius 2 is 1.80 bits per heavy atom. The van der Waals surface area contributed by atoms with E-state index in [1.807, 2.05) is 7.05 Å². The average molecular weight is 338 g/mol. The SMILES string of the molecule is CNC(c1cc2cc(Br)cc(C(C)C)c2o1)C(C)(C)C. The Kier molecular flexibility index (Phi) is 4.31. The predicted octanol–water partition coefficient (Wildman–Crippen LogP) is 5.63. The van der Waals surface area contributed by atoms with Gasteiger partial charge in [-0.05, 0) is 42.1 Å². The molecule has 20 heavy (non-hydrogen) atoms. The lowest BCUT2D eigenvalue weighted by atomic mass is 9.85. The first-order chi connectivity index (χ1) is 9.24. The minimum atomic E-state index is 0.109. The summed E-state index contributed by atoms with van der Waals surface area (Å²) in [5.74, 6) is 1.45. The van der Waals surface area contributed by atoms with E-state index in [9.17, 15) is 0 Å². The van der Waals surface area contributed by atoms with E-state index in [1.54, 1.807) is 0 Å². The monoisotopic (exact) mass is 337 g/mol. The number of rotatable bonds is 3. The zero-order chi connectivity index (χ0) is 15.1. The summed E-state index contributed by atoms with van der Waals surface area (Å²) in [7, 11) is 1.99. The molecule has 0 amide bonds. The van der Waals surface area contributed by atoms with Gasteiger partial charge in [-0.1, -0.05) is 50.5 Å². The lowest BCUT2D eigenvalue weighted by Gasteiger charge is -2.28. The van der Waals surface area contributed by atoms with Gasteiger partial charge in [-0.15, -0.1) is 0 Å². The lowest BCUT2D eigenvalue weighted by Crippen LogP contribution is -2.29. The Morgan fingerprint density at radius 1 is 1.15 bits per heavy atom. The summed E-state index contributed by atoms with van der Waals surface area (Å²) in [5.41, 5.74) is 2.38. The van der Waals surface area contributed by atoms with Crippen molar-refractivity contribution in [2.24, 2.45) is 5.41 Å². The third-order valence-corrected chi connectivity index (χ3v) is 4.15. The second kappa shape index (κ2) is 5.53. The second-order valence-electron chi connectivity index (χ2n) is 6.80. The molecular weight excluding hydrogens is 314 g/mol. The Hall–Kier alpha value is -0.800. The molecule has 0 aliphatic rings. The maximum atomic E-state index is 6.21. The number of hydrogen-bond donors (Lipinski definition) is 1. The molecule has 1 aromatic carbocycles. The van der Waals surface area contributed by atoms with E-state index in [-0.39, 0.29) is 11.5 Å². The molecule has 0 bridgehead atoms. The molecule has 2 nitrogen and oxygen atoms in total. The fraction of sp³-hybridized carbons (Fsp3) is 0.529. The van der Waals surface area contributed by atoms with E-state index in [0.29, 0.717) is 5.92 Å². The van der Waals surface area contributed by atoms with E-state index >= 15 is 0 Å². The summed E-state index contributed by atoms with van der Waals surface area (Å²) < 4.78 is 7.32. The van der Waals surface area contributed by atoms with Crippen molar-refractivity contribution in [3.63, 3.8) is 0 Å². The van der Waals surface area contributed by atoms with Crippen molar-refractivity contribution in [3.8, 4) is 0 Å². The number of nitrogens with one attached hydrogen (secondary N) is 1. The van der Waals surface area contributed by atoms with Crippen LogP contribution in [0.25, 0.3) is 11.0 Å². The van der Waals surface area contributed by atoms with Crippen LogP contribution in [0.4, 0.5) is 0 Å². The van der Waals surface area contributed by atoms with E-state index in [1.165, 1.54) is 10.9 Å². The molecule has 3 heteroatoms. The molecule has 2 aromatic rings. The summed E-state index contributed by atoms with van der Waals surface area (Å²) in [6.07, 6.45) is 0. The second-order valence-corrected chi connectivity index (χ2v) is 7.72. The van der Waals surface area contributed by atoms with Crippen molar-refractivity contribution >= 4 is 26.9 Å². The number of benzene rings is 1. The van der Waals surface area contributed by atoms with Crippen LogP contribution in [0.1, 0.15) is 57.9 Å². The van der Waals surface area contributed by atoms with Crippen LogP contribution in [0.3, 0.4) is 0 Å². The third-order valence-electron chi connectivity index (χ3n) is 3.69. The number of furan rings is 1. The Morgan fingerprint density at radius 3 is 2.30 bits per heavy atom. The Labute approximate surface area is 130 Å². The van der Waals surface area contributed by atoms with Gasteiger partial charge in [0.15, 0.2) is 0 Å². The highest BCUT2D eigenvalue weighted by atomic mass is 79.9. The standard InChI is InChI=1S/C17H24BrNO/c1-10(2)13-9-12(18)7-11-8-14(20-15(11)13)16(19-6)17(3,4)5/h7-10,16,19H,1-6H3. The van der Waals surface area contributed by atoms with Gasteiger partial charge in [0.05, 0.1) is 6.04 Å². The maximum Gasteiger partial charge on any atom is 0.137 e. The highest BCUT2D eigenvalue weighted by molar-refractivity contribution is 9.10. The minimum Gasteiger partial charge on any atom is -0.459 e. The van der Waals surface area contributed by atoms with Crippen LogP contribution in [0.15, 0.2) is 27.1 Å². The van der Waals surface area contributed by atoms with E-state index in [2.05, 4.69) is 74.1 Å². The first-order valence-electron chi connectivity index (χ1n) is 7.14. The van der Waals surface area contributed by atoms with Crippen LogP contribution in [-0.4, -0.2) is 7.05 Å². The van der Waals surface area contributed by atoms with Gasteiger partial charge in [-0.25, -0.2) is 0 Å². The van der Waals surface area contributed by atoms with Crippen molar-refractivity contribution in [1.82, 2.24) is 5.32 Å². The van der Waals surface area contributed by atoms with Gasteiger partial charge in [0.2, 0.25) is 0 Å². The van der Waals surface area contributed by atoms with Crippen LogP contribution in [0.2, 0.25) is 0 Å². The molecule has 1 aromatic heterocycles. The molecule has 0 saturated heterocycles. The zero-order valence-electron chi connectivity index (χ0n) is 13.2. The number of fused-ring (bicyclic) bond motifs is 1. The Balaban J connectivity index is 2.61. The molecule has 1 heterocycles. The summed E-state index contributed by atoms with van der Waals surface area (Å²) in [6, 6.07) is 6.65. The van der Waals surface area contributed by atoms with E-state index in [4.69, 9.17) is 4.42 Å². The van der Waals surface area contributed by atoms with Gasteiger partial charge >= 0.3 is 0 Å². The first-order valence-corrected chi connectivity index (χ1v) is 7.93. The molecule has 0 fully saturated rings. The van der Waals surface area contributed by atoms with Gasteiger partial charge < -0.3 is 9.73 Å². The van der Waals surface area contributed by atoms with Gasteiger partial charge in [-0.3, -0.25) is 0 Å². The van der Waals surface area contributed by atoms with Crippen LogP contribution in [-0.2, 0) is 0 Å². The smallest absolute Gasteiger partial charge is 0.137 e. The highest BCUT2D eigenvalue weighted by Gasteiger charge is 2.28. The predicted molar refractivity (Wildman–Crippen MR) is 89.3 cm³/mol. The molecule has 1 atom stereocenters. The molecule has 0 aliphatic carbocycles. The van der Waals surface area contributed by atoms with Gasteiger partial charge in [-0.2, -0.15) is 0 Å². The molecular formula is C17H24BrNO. The maximum absolute atomic E-state index is 6.21. The molecule has 0 spiro atoms. The molecule has 0 radical (unpaired) electrons. The molecule has 110 valence electrons. The Bertz CT molecular complexity index is 607. The summed E-state index contributed by atoms with van der Waals surface area (Å²) in [5, 5.41) is 4.55. The van der Waals surface area contributed by atoms with Gasteiger partial charge in [0.1, 0.15) is 11.3 Å². The van der Waals surface area contributed by atoms with Crippen LogP contribution < -0.4 is 5.32 Å². The number of hydrogen-bond acceptors (Lipinski definition) is 2. The topological polar surface area (TPSA) is 25.2 Å². The normalized spacial score (nSPS) is 14.2. The molecule has 0 aliphatic heterocycles. The van der Waals surface area contributed by atoms with Gasteiger partial charge in [0.25, 0.3) is 0 Å². The first kappa shape index (κ1) is 15.6. The lowest BCUT2D eigenvalue weighted by molar-refractivity contribution is 0.253. The van der Waals surface area contributed by atoms with E-state index in [0.717, 1.165) is 15.8 Å².